The van der Waals surface area contributed by atoms with Crippen LogP contribution in [-0.2, 0) is 4.74 Å². The minimum atomic E-state index is -0.673. The maximum Gasteiger partial charge on any atom is 0.418 e. The summed E-state index contributed by atoms with van der Waals surface area (Å²) >= 11 is 0. The highest BCUT2D eigenvalue weighted by atomic mass is 19.1. The van der Waals surface area contributed by atoms with Crippen LogP contribution in [0.4, 0.5) is 9.18 Å². The van der Waals surface area contributed by atoms with Gasteiger partial charge in [-0.05, 0) is 57.2 Å². The molecule has 1 N–H and O–H groups in total. The maximum atomic E-state index is 13.2. The fourth-order valence-corrected chi connectivity index (χ4v) is 2.60. The zero-order valence-corrected chi connectivity index (χ0v) is 14.2. The smallest absolute Gasteiger partial charge is 0.418 e. The van der Waals surface area contributed by atoms with Crippen molar-refractivity contribution in [1.29, 1.82) is 0 Å². The summed E-state index contributed by atoms with van der Waals surface area (Å²) in [5.41, 5.74) is 1.44. The predicted octanol–water partition coefficient (Wildman–Crippen LogP) is 2.86. The number of halogens is 1. The summed E-state index contributed by atoms with van der Waals surface area (Å²) in [4.78, 5) is 16.9. The van der Waals surface area contributed by atoms with Crippen LogP contribution in [0.1, 0.15) is 20.8 Å². The van der Waals surface area contributed by atoms with E-state index in [9.17, 15) is 14.2 Å². The summed E-state index contributed by atoms with van der Waals surface area (Å²) in [6.07, 6.45) is 0.960. The van der Waals surface area contributed by atoms with Gasteiger partial charge in [0.25, 0.3) is 0 Å². The number of aromatic nitrogens is 2. The molecule has 0 saturated heterocycles. The monoisotopic (exact) mass is 339 g/mol. The Kier molecular flexibility index (Phi) is 4.35. The number of nitrogens with zero attached hydrogens (tertiary/aromatic N) is 2. The normalized spacial score (nSPS) is 11.6. The average Bonchev–Trinajstić information content (AvgIpc) is 2.92. The number of benzene rings is 1. The molecule has 25 heavy (non-hydrogen) atoms. The van der Waals surface area contributed by atoms with Crippen molar-refractivity contribution in [3.8, 4) is 11.3 Å². The van der Waals surface area contributed by atoms with E-state index in [1.807, 2.05) is 0 Å². The van der Waals surface area contributed by atoms with E-state index in [0.717, 1.165) is 7.48 Å². The molecule has 1 aromatic carbocycles. The number of hydrogen-bond acceptors (Lipinski definition) is 4. The number of hydrogen-bond donors (Lipinski definition) is 1. The van der Waals surface area contributed by atoms with Gasteiger partial charge in [0.05, 0.1) is 11.2 Å². The van der Waals surface area contributed by atoms with Crippen LogP contribution in [0, 0.1) is 5.82 Å². The van der Waals surface area contributed by atoms with E-state index in [-0.39, 0.29) is 11.4 Å². The van der Waals surface area contributed by atoms with Gasteiger partial charge < -0.3 is 9.76 Å². The Morgan fingerprint density at radius 2 is 1.92 bits per heavy atom. The Morgan fingerprint density at radius 3 is 2.52 bits per heavy atom. The third-order valence-corrected chi connectivity index (χ3v) is 3.58. The third-order valence-electron chi connectivity index (χ3n) is 3.58. The molecule has 0 fully saturated rings. The van der Waals surface area contributed by atoms with E-state index in [1.165, 1.54) is 16.7 Å². The van der Waals surface area contributed by atoms with Gasteiger partial charge in [-0.3, -0.25) is 9.55 Å². The maximum absolute atomic E-state index is 13.2. The van der Waals surface area contributed by atoms with Crippen molar-refractivity contribution in [1.82, 2.24) is 9.55 Å². The lowest BCUT2D eigenvalue weighted by molar-refractivity contribution is 0.0549. The first-order chi connectivity index (χ1) is 11.8. The van der Waals surface area contributed by atoms with Crippen molar-refractivity contribution >= 4 is 30.1 Å². The molecule has 0 atom stereocenters. The summed E-state index contributed by atoms with van der Waals surface area (Å²) in [6, 6.07) is 9.23. The second-order valence-electron chi connectivity index (χ2n) is 6.61. The van der Waals surface area contributed by atoms with E-state index in [0.29, 0.717) is 22.2 Å². The molecule has 0 saturated carbocycles. The van der Waals surface area contributed by atoms with Crippen LogP contribution in [0.5, 0.6) is 0 Å². The van der Waals surface area contributed by atoms with Crippen LogP contribution >= 0.6 is 0 Å². The predicted molar refractivity (Wildman–Crippen MR) is 94.4 cm³/mol. The first-order valence-corrected chi connectivity index (χ1v) is 7.77. The molecule has 2 heterocycles. The minimum Gasteiger partial charge on any atom is -0.449 e. The quantitative estimate of drug-likeness (QED) is 0.729. The molecular weight excluding hydrogens is 322 g/mol. The fraction of sp³-hybridized carbons (Fsp3) is 0.222. The number of carbonyl (C=O) groups excluding carboxylic acids is 1. The van der Waals surface area contributed by atoms with E-state index in [2.05, 4.69) is 4.98 Å². The summed E-state index contributed by atoms with van der Waals surface area (Å²) in [5.74, 6) is -0.341. The van der Waals surface area contributed by atoms with Crippen LogP contribution in [0.3, 0.4) is 0 Å². The van der Waals surface area contributed by atoms with Gasteiger partial charge in [-0.2, -0.15) is 0 Å². The Morgan fingerprint density at radius 1 is 1.24 bits per heavy atom. The summed E-state index contributed by atoms with van der Waals surface area (Å²) in [6.45, 7) is 5.30. The summed E-state index contributed by atoms with van der Waals surface area (Å²) < 4.78 is 19.9. The molecule has 1 radical (unpaired) electrons. The highest BCUT2D eigenvalue weighted by molar-refractivity contribution is 6.46. The molecule has 0 bridgehead atoms. The molecule has 127 valence electrons. The molecule has 0 aliphatic rings. The van der Waals surface area contributed by atoms with Crippen LogP contribution < -0.4 is 5.59 Å². The van der Waals surface area contributed by atoms with Crippen LogP contribution in [0.2, 0.25) is 0 Å². The van der Waals surface area contributed by atoms with Gasteiger partial charge in [0, 0.05) is 22.7 Å². The lowest BCUT2D eigenvalue weighted by Gasteiger charge is -2.20. The Labute approximate surface area is 145 Å². The van der Waals surface area contributed by atoms with Gasteiger partial charge >= 0.3 is 13.6 Å². The Hall–Kier alpha value is -2.67. The van der Waals surface area contributed by atoms with Gasteiger partial charge in [0.15, 0.2) is 0 Å². The molecule has 2 aromatic heterocycles. The van der Waals surface area contributed by atoms with Crippen molar-refractivity contribution in [3.63, 3.8) is 0 Å². The zero-order chi connectivity index (χ0) is 18.2. The molecule has 7 heteroatoms. The molecule has 0 amide bonds. The van der Waals surface area contributed by atoms with E-state index in [4.69, 9.17) is 4.74 Å². The number of carbonyl (C=O) groups is 1. The highest BCUT2D eigenvalue weighted by Crippen LogP contribution is 2.27. The van der Waals surface area contributed by atoms with Crippen molar-refractivity contribution in [2.45, 2.75) is 26.4 Å². The van der Waals surface area contributed by atoms with Crippen LogP contribution in [-0.4, -0.2) is 33.8 Å². The van der Waals surface area contributed by atoms with Gasteiger partial charge in [-0.15, -0.1) is 0 Å². The van der Waals surface area contributed by atoms with Crippen LogP contribution in [0.15, 0.2) is 42.6 Å². The van der Waals surface area contributed by atoms with Crippen LogP contribution in [0.25, 0.3) is 22.2 Å². The Balaban J connectivity index is 2.18. The van der Waals surface area contributed by atoms with Gasteiger partial charge in [-0.25, -0.2) is 9.18 Å². The lowest BCUT2D eigenvalue weighted by Crippen LogP contribution is -2.34. The van der Waals surface area contributed by atoms with Crippen molar-refractivity contribution < 1.29 is 18.9 Å². The molecule has 3 aromatic rings. The molecular formula is C18H17BFN2O3. The van der Waals surface area contributed by atoms with Gasteiger partial charge in [0.1, 0.15) is 11.4 Å². The number of fused-ring (bicyclic) bond motifs is 1. The van der Waals surface area contributed by atoms with Crippen molar-refractivity contribution in [3.05, 3.63) is 48.4 Å². The second-order valence-corrected chi connectivity index (χ2v) is 6.61. The summed E-state index contributed by atoms with van der Waals surface area (Å²) in [5, 5.41) is 10.2. The molecule has 0 aliphatic carbocycles. The fourth-order valence-electron chi connectivity index (χ4n) is 2.60. The standard InChI is InChI=1S/C18H17BFN2O3/c1-18(2,3)25-17(23)22-14-8-9-21-16(13(14)10-15(22)19-24)11-4-6-12(20)7-5-11/h4-10,24H,1-3H3. The second kappa shape index (κ2) is 6.33. The Bertz CT molecular complexity index is 930. The molecule has 0 spiro atoms. The topological polar surface area (TPSA) is 64.3 Å². The number of ether oxygens (including phenoxy) is 1. The molecule has 0 aliphatic heterocycles. The summed E-state index contributed by atoms with van der Waals surface area (Å²) in [7, 11) is 0.846. The first-order valence-electron chi connectivity index (χ1n) is 7.77. The third kappa shape index (κ3) is 3.41. The number of pyridine rings is 1. The lowest BCUT2D eigenvalue weighted by atomic mass is 9.95. The average molecular weight is 339 g/mol. The van der Waals surface area contributed by atoms with E-state index < -0.39 is 11.7 Å². The van der Waals surface area contributed by atoms with Crippen molar-refractivity contribution in [2.75, 3.05) is 0 Å². The first kappa shape index (κ1) is 17.2. The largest absolute Gasteiger partial charge is 0.449 e. The van der Waals surface area contributed by atoms with E-state index in [1.54, 1.807) is 51.2 Å². The molecule has 5 nitrogen and oxygen atoms in total. The zero-order valence-electron chi connectivity index (χ0n) is 14.2. The van der Waals surface area contributed by atoms with E-state index >= 15 is 0 Å². The molecule has 3 rings (SSSR count). The SMILES string of the molecule is CC(C)(C)OC(=O)n1c([B]O)cc2c(-c3ccc(F)cc3)nccc21. The highest BCUT2D eigenvalue weighted by Gasteiger charge is 2.23. The molecule has 0 unspecified atom stereocenters. The van der Waals surface area contributed by atoms with Crippen molar-refractivity contribution in [2.24, 2.45) is 0 Å². The minimum absolute atomic E-state index is 0.278. The van der Waals surface area contributed by atoms with Gasteiger partial charge in [0.2, 0.25) is 0 Å². The van der Waals surface area contributed by atoms with Gasteiger partial charge in [-0.1, -0.05) is 0 Å². The number of rotatable bonds is 2.